The molecule has 5 heteroatoms. The SMILES string of the molecule is CCCc1cc(=O)oc2c(C)c3c(cc12)CN(c1ccc(C)c(F)c1)CO3. The van der Waals surface area contributed by atoms with Gasteiger partial charge < -0.3 is 14.1 Å². The summed E-state index contributed by atoms with van der Waals surface area (Å²) in [6.45, 7) is 6.68. The number of fused-ring (bicyclic) bond motifs is 2. The maximum Gasteiger partial charge on any atom is 0.336 e. The van der Waals surface area contributed by atoms with Crippen molar-refractivity contribution in [2.75, 3.05) is 11.6 Å². The van der Waals surface area contributed by atoms with Crippen molar-refractivity contribution < 1.29 is 13.5 Å². The summed E-state index contributed by atoms with van der Waals surface area (Å²) in [4.78, 5) is 13.9. The van der Waals surface area contributed by atoms with Crippen molar-refractivity contribution in [1.29, 1.82) is 0 Å². The number of hydrogen-bond acceptors (Lipinski definition) is 4. The molecular formula is C22H22FNO3. The average molecular weight is 367 g/mol. The molecule has 2 aromatic carbocycles. The van der Waals surface area contributed by atoms with E-state index in [1.54, 1.807) is 25.1 Å². The topological polar surface area (TPSA) is 42.7 Å². The highest BCUT2D eigenvalue weighted by molar-refractivity contribution is 5.86. The minimum Gasteiger partial charge on any atom is -0.472 e. The predicted molar refractivity (Wildman–Crippen MR) is 104 cm³/mol. The fraction of sp³-hybridized carbons (Fsp3) is 0.318. The molecule has 0 atom stereocenters. The zero-order chi connectivity index (χ0) is 19.1. The van der Waals surface area contributed by atoms with E-state index in [9.17, 15) is 9.18 Å². The summed E-state index contributed by atoms with van der Waals surface area (Å²) in [6.07, 6.45) is 1.76. The van der Waals surface area contributed by atoms with Gasteiger partial charge in [-0.3, -0.25) is 0 Å². The zero-order valence-corrected chi connectivity index (χ0v) is 15.8. The van der Waals surface area contributed by atoms with Crippen LogP contribution in [-0.4, -0.2) is 6.73 Å². The van der Waals surface area contributed by atoms with Crippen molar-refractivity contribution in [1.82, 2.24) is 0 Å². The number of hydrogen-bond donors (Lipinski definition) is 0. The molecule has 0 bridgehead atoms. The van der Waals surface area contributed by atoms with Crippen molar-refractivity contribution in [3.63, 3.8) is 0 Å². The number of aryl methyl sites for hydroxylation is 3. The van der Waals surface area contributed by atoms with Crippen molar-refractivity contribution >= 4 is 16.7 Å². The molecule has 4 nitrogen and oxygen atoms in total. The van der Waals surface area contributed by atoms with Gasteiger partial charge in [-0.25, -0.2) is 9.18 Å². The number of halogens is 1. The van der Waals surface area contributed by atoms with Crippen LogP contribution in [0, 0.1) is 19.7 Å². The van der Waals surface area contributed by atoms with Crippen molar-refractivity contribution in [3.8, 4) is 5.75 Å². The van der Waals surface area contributed by atoms with Gasteiger partial charge in [0, 0.05) is 34.8 Å². The third-order valence-electron chi connectivity index (χ3n) is 5.14. The van der Waals surface area contributed by atoms with E-state index in [1.165, 1.54) is 0 Å². The number of benzene rings is 2. The summed E-state index contributed by atoms with van der Waals surface area (Å²) in [5.41, 5.74) is 4.52. The van der Waals surface area contributed by atoms with Crippen LogP contribution >= 0.6 is 0 Å². The van der Waals surface area contributed by atoms with Gasteiger partial charge in [0.25, 0.3) is 0 Å². The van der Waals surface area contributed by atoms with Crippen molar-refractivity contribution in [2.24, 2.45) is 0 Å². The lowest BCUT2D eigenvalue weighted by atomic mass is 9.98. The molecule has 4 rings (SSSR count). The van der Waals surface area contributed by atoms with Gasteiger partial charge >= 0.3 is 5.63 Å². The van der Waals surface area contributed by atoms with Crippen LogP contribution < -0.4 is 15.3 Å². The van der Waals surface area contributed by atoms with Crippen LogP contribution in [0.5, 0.6) is 5.75 Å². The molecule has 2 heterocycles. The van der Waals surface area contributed by atoms with Gasteiger partial charge in [-0.1, -0.05) is 19.4 Å². The Morgan fingerprint density at radius 3 is 2.74 bits per heavy atom. The molecule has 27 heavy (non-hydrogen) atoms. The van der Waals surface area contributed by atoms with E-state index in [4.69, 9.17) is 9.15 Å². The molecule has 0 unspecified atom stereocenters. The van der Waals surface area contributed by atoms with E-state index in [0.29, 0.717) is 24.4 Å². The monoisotopic (exact) mass is 367 g/mol. The van der Waals surface area contributed by atoms with Crippen LogP contribution in [0.2, 0.25) is 0 Å². The molecule has 0 N–H and O–H groups in total. The van der Waals surface area contributed by atoms with Crippen LogP contribution in [0.25, 0.3) is 11.0 Å². The maximum atomic E-state index is 14.0. The van der Waals surface area contributed by atoms with E-state index >= 15 is 0 Å². The minimum absolute atomic E-state index is 0.222. The van der Waals surface area contributed by atoms with Gasteiger partial charge in [0.15, 0.2) is 6.73 Å². The molecule has 0 fully saturated rings. The number of rotatable bonds is 3. The van der Waals surface area contributed by atoms with E-state index in [-0.39, 0.29) is 11.4 Å². The first-order valence-corrected chi connectivity index (χ1v) is 9.21. The molecular weight excluding hydrogens is 345 g/mol. The first-order valence-electron chi connectivity index (χ1n) is 9.21. The van der Waals surface area contributed by atoms with Crippen molar-refractivity contribution in [3.05, 3.63) is 68.8 Å². The number of nitrogens with zero attached hydrogens (tertiary/aromatic N) is 1. The molecule has 1 aliphatic rings. The second-order valence-electron chi connectivity index (χ2n) is 7.11. The van der Waals surface area contributed by atoms with Crippen LogP contribution in [0.4, 0.5) is 10.1 Å². The summed E-state index contributed by atoms with van der Waals surface area (Å²) >= 11 is 0. The van der Waals surface area contributed by atoms with Gasteiger partial charge in [0.2, 0.25) is 0 Å². The van der Waals surface area contributed by atoms with Crippen LogP contribution in [0.3, 0.4) is 0 Å². The van der Waals surface area contributed by atoms with Crippen molar-refractivity contribution in [2.45, 2.75) is 40.2 Å². The van der Waals surface area contributed by atoms with Gasteiger partial charge in [-0.15, -0.1) is 0 Å². The lowest BCUT2D eigenvalue weighted by molar-refractivity contribution is 0.287. The normalized spacial score (nSPS) is 13.6. The Balaban J connectivity index is 1.80. The Hall–Kier alpha value is -2.82. The smallest absolute Gasteiger partial charge is 0.336 e. The van der Waals surface area contributed by atoms with Gasteiger partial charge in [0.05, 0.1) is 0 Å². The molecule has 0 saturated carbocycles. The molecule has 0 aliphatic carbocycles. The van der Waals surface area contributed by atoms with E-state index in [2.05, 4.69) is 6.92 Å². The van der Waals surface area contributed by atoms with E-state index in [1.807, 2.05) is 24.0 Å². The second-order valence-corrected chi connectivity index (χ2v) is 7.11. The van der Waals surface area contributed by atoms with Crippen LogP contribution in [0.15, 0.2) is 39.5 Å². The third kappa shape index (κ3) is 3.07. The van der Waals surface area contributed by atoms with Gasteiger partial charge in [-0.2, -0.15) is 0 Å². The zero-order valence-electron chi connectivity index (χ0n) is 15.8. The number of ether oxygens (including phenoxy) is 1. The van der Waals surface area contributed by atoms with Gasteiger partial charge in [0.1, 0.15) is 17.1 Å². The standard InChI is InChI=1S/C22H22FNO3/c1-4-5-15-9-20(25)27-22-14(3)21-16(8-18(15)22)11-24(12-26-21)17-7-6-13(2)19(23)10-17/h6-10H,4-5,11-12H2,1-3H3. The Morgan fingerprint density at radius 2 is 2.00 bits per heavy atom. The Morgan fingerprint density at radius 1 is 1.19 bits per heavy atom. The Labute approximate surface area is 157 Å². The number of anilines is 1. The summed E-state index contributed by atoms with van der Waals surface area (Å²) in [5, 5.41) is 0.952. The Kier molecular flexibility index (Phi) is 4.38. The summed E-state index contributed by atoms with van der Waals surface area (Å²) in [5.74, 6) is 0.531. The highest BCUT2D eigenvalue weighted by Gasteiger charge is 2.23. The molecule has 3 aromatic rings. The minimum atomic E-state index is -0.332. The van der Waals surface area contributed by atoms with Crippen LogP contribution in [-0.2, 0) is 13.0 Å². The lowest BCUT2D eigenvalue weighted by Gasteiger charge is -2.32. The average Bonchev–Trinajstić information content (AvgIpc) is 2.65. The highest BCUT2D eigenvalue weighted by atomic mass is 19.1. The quantitative estimate of drug-likeness (QED) is 0.620. The van der Waals surface area contributed by atoms with E-state index < -0.39 is 0 Å². The predicted octanol–water partition coefficient (Wildman–Crippen LogP) is 4.86. The lowest BCUT2D eigenvalue weighted by Crippen LogP contribution is -2.32. The second kappa shape index (κ2) is 6.72. The fourth-order valence-corrected chi connectivity index (χ4v) is 3.70. The summed E-state index contributed by atoms with van der Waals surface area (Å²) in [6, 6.07) is 8.85. The highest BCUT2D eigenvalue weighted by Crippen LogP contribution is 2.37. The largest absolute Gasteiger partial charge is 0.472 e. The molecule has 1 aromatic heterocycles. The summed E-state index contributed by atoms with van der Waals surface area (Å²) in [7, 11) is 0. The molecule has 0 spiro atoms. The molecule has 0 saturated heterocycles. The molecule has 0 amide bonds. The molecule has 0 radical (unpaired) electrons. The third-order valence-corrected chi connectivity index (χ3v) is 5.14. The van der Waals surface area contributed by atoms with Gasteiger partial charge in [-0.05, 0) is 49.6 Å². The first-order chi connectivity index (χ1) is 13.0. The maximum absolute atomic E-state index is 14.0. The van der Waals surface area contributed by atoms with Crippen LogP contribution in [0.1, 0.15) is 35.6 Å². The summed E-state index contributed by atoms with van der Waals surface area (Å²) < 4.78 is 25.4. The first kappa shape index (κ1) is 17.6. The molecule has 1 aliphatic heterocycles. The molecule has 140 valence electrons. The van der Waals surface area contributed by atoms with E-state index in [0.717, 1.165) is 46.4 Å². The fourth-order valence-electron chi connectivity index (χ4n) is 3.70. The Bertz CT molecular complexity index is 1090.